The summed E-state index contributed by atoms with van der Waals surface area (Å²) in [5.41, 5.74) is 3.44. The molecule has 0 saturated carbocycles. The van der Waals surface area contributed by atoms with Gasteiger partial charge in [-0.25, -0.2) is 4.98 Å². The lowest BCUT2D eigenvalue weighted by Gasteiger charge is -2.12. The molecule has 3 aromatic heterocycles. The van der Waals surface area contributed by atoms with Crippen molar-refractivity contribution in [3.63, 3.8) is 0 Å². The Hall–Kier alpha value is -2.31. The summed E-state index contributed by atoms with van der Waals surface area (Å²) in [6.45, 7) is 0. The molecule has 0 unspecified atom stereocenters. The van der Waals surface area contributed by atoms with Gasteiger partial charge in [0.1, 0.15) is 15.0 Å². The van der Waals surface area contributed by atoms with Crippen molar-refractivity contribution >= 4 is 43.4 Å². The normalized spacial score (nSPS) is 14.9. The van der Waals surface area contributed by atoms with Gasteiger partial charge in [-0.1, -0.05) is 41.8 Å². The van der Waals surface area contributed by atoms with Gasteiger partial charge >= 0.3 is 0 Å². The lowest BCUT2D eigenvalue weighted by Crippen LogP contribution is -2.21. The van der Waals surface area contributed by atoms with Gasteiger partial charge < -0.3 is 0 Å². The molecule has 0 atom stereocenters. The first-order valence-electron chi connectivity index (χ1n) is 9.18. The van der Waals surface area contributed by atoms with Crippen LogP contribution in [0.5, 0.6) is 0 Å². The molecule has 0 saturated heterocycles. The van der Waals surface area contributed by atoms with E-state index in [0.29, 0.717) is 20.9 Å². The molecule has 0 N–H and O–H groups in total. The first-order valence-corrected chi connectivity index (χ1v) is 10.4. The highest BCUT2D eigenvalue weighted by Gasteiger charge is 2.18. The fourth-order valence-corrected chi connectivity index (χ4v) is 4.99. The van der Waals surface area contributed by atoms with E-state index in [0.717, 1.165) is 23.1 Å². The second-order valence-electron chi connectivity index (χ2n) is 6.90. The van der Waals surface area contributed by atoms with Crippen LogP contribution in [0.4, 0.5) is 0 Å². The number of benzene rings is 1. The molecule has 136 valence electrons. The third kappa shape index (κ3) is 2.84. The maximum atomic E-state index is 13.1. The molecule has 1 aromatic carbocycles. The van der Waals surface area contributed by atoms with E-state index in [1.165, 1.54) is 53.0 Å². The topological polar surface area (TPSA) is 60.7 Å². The summed E-state index contributed by atoms with van der Waals surface area (Å²) in [6.07, 6.45) is 6.95. The number of aryl methyl sites for hydroxylation is 2. The lowest BCUT2D eigenvalue weighted by atomic mass is 9.96. The minimum absolute atomic E-state index is 0.205. The Morgan fingerprint density at radius 1 is 1.07 bits per heavy atom. The van der Waals surface area contributed by atoms with Gasteiger partial charge in [0, 0.05) is 11.1 Å². The summed E-state index contributed by atoms with van der Waals surface area (Å²) in [5, 5.41) is 9.92. The average molecular weight is 397 g/mol. The van der Waals surface area contributed by atoms with Crippen molar-refractivity contribution in [3.8, 4) is 5.69 Å². The molecule has 0 fully saturated rings. The molecule has 0 aliphatic heterocycles. The van der Waals surface area contributed by atoms with Crippen LogP contribution in [0.1, 0.15) is 36.9 Å². The molecule has 3 heterocycles. The zero-order chi connectivity index (χ0) is 18.4. The number of thiophene rings is 1. The Bertz CT molecular complexity index is 1230. The fourth-order valence-electron chi connectivity index (χ4n) is 3.73. The minimum atomic E-state index is -0.205. The molecule has 5 rings (SSSR count). The van der Waals surface area contributed by atoms with Crippen LogP contribution in [0.15, 0.2) is 35.1 Å². The number of para-hydroxylation sites is 1. The number of nitrogens with zero attached hydrogens (tertiary/aromatic N) is 4. The van der Waals surface area contributed by atoms with Gasteiger partial charge in [-0.15, -0.1) is 16.4 Å². The molecule has 5 nitrogen and oxygen atoms in total. The maximum Gasteiger partial charge on any atom is 0.292 e. The first-order chi connectivity index (χ1) is 13.2. The molecule has 0 amide bonds. The molecule has 0 bridgehead atoms. The van der Waals surface area contributed by atoms with E-state index >= 15 is 0 Å². The van der Waals surface area contributed by atoms with Crippen LogP contribution in [-0.2, 0) is 12.8 Å². The van der Waals surface area contributed by atoms with Crippen molar-refractivity contribution in [1.82, 2.24) is 20.0 Å². The standard InChI is InChI=1S/C20H17ClN4OS/c21-14-8-5-6-10-16(14)25-20(26)18-17(23-24-25)13-11-12-7-3-1-2-4-9-15(12)22-19(13)27-18/h5-6,8,10-11H,1-4,7,9H2. The molecular weight excluding hydrogens is 380 g/mol. The second-order valence-corrected chi connectivity index (χ2v) is 8.30. The SMILES string of the molecule is O=c1c2sc3nc4c(cc3c2nnn1-c1ccccc1Cl)CCCCCC4. The molecule has 1 aliphatic carbocycles. The zero-order valence-electron chi connectivity index (χ0n) is 14.6. The Morgan fingerprint density at radius 3 is 2.74 bits per heavy atom. The molecule has 1 aliphatic rings. The highest BCUT2D eigenvalue weighted by Crippen LogP contribution is 2.32. The fraction of sp³-hybridized carbons (Fsp3) is 0.300. The van der Waals surface area contributed by atoms with E-state index in [2.05, 4.69) is 16.4 Å². The quantitative estimate of drug-likeness (QED) is 0.467. The smallest absolute Gasteiger partial charge is 0.266 e. The average Bonchev–Trinajstić information content (AvgIpc) is 3.01. The second kappa shape index (κ2) is 6.69. The number of pyridine rings is 1. The highest BCUT2D eigenvalue weighted by atomic mass is 35.5. The molecule has 0 spiro atoms. The summed E-state index contributed by atoms with van der Waals surface area (Å²) in [6, 6.07) is 9.33. The third-order valence-corrected chi connectivity index (χ3v) is 6.53. The van der Waals surface area contributed by atoms with Gasteiger partial charge in [0.2, 0.25) is 0 Å². The summed E-state index contributed by atoms with van der Waals surface area (Å²) >= 11 is 7.64. The van der Waals surface area contributed by atoms with E-state index in [1.807, 2.05) is 12.1 Å². The van der Waals surface area contributed by atoms with Crippen molar-refractivity contribution in [2.45, 2.75) is 38.5 Å². The molecule has 4 aromatic rings. The van der Waals surface area contributed by atoms with E-state index in [1.54, 1.807) is 12.1 Å². The minimum Gasteiger partial charge on any atom is -0.266 e. The Kier molecular flexibility index (Phi) is 4.17. The summed E-state index contributed by atoms with van der Waals surface area (Å²) in [7, 11) is 0. The van der Waals surface area contributed by atoms with Crippen LogP contribution >= 0.6 is 22.9 Å². The predicted octanol–water partition coefficient (Wildman–Crippen LogP) is 4.70. The van der Waals surface area contributed by atoms with Gasteiger partial charge in [0.25, 0.3) is 5.56 Å². The number of hydrogen-bond acceptors (Lipinski definition) is 5. The number of aromatic nitrogens is 4. The van der Waals surface area contributed by atoms with E-state index in [-0.39, 0.29) is 5.56 Å². The third-order valence-electron chi connectivity index (χ3n) is 5.14. The Morgan fingerprint density at radius 2 is 1.89 bits per heavy atom. The monoisotopic (exact) mass is 396 g/mol. The first kappa shape index (κ1) is 16.8. The summed E-state index contributed by atoms with van der Waals surface area (Å²) in [4.78, 5) is 18.8. The van der Waals surface area contributed by atoms with Gasteiger partial charge in [-0.2, -0.15) is 4.68 Å². The number of rotatable bonds is 1. The van der Waals surface area contributed by atoms with Crippen LogP contribution in [0, 0.1) is 0 Å². The molecule has 7 heteroatoms. The van der Waals surface area contributed by atoms with Crippen LogP contribution in [-0.4, -0.2) is 20.0 Å². The molecule has 0 radical (unpaired) electrons. The molecule has 27 heavy (non-hydrogen) atoms. The number of hydrogen-bond donors (Lipinski definition) is 0. The van der Waals surface area contributed by atoms with Crippen LogP contribution in [0.3, 0.4) is 0 Å². The zero-order valence-corrected chi connectivity index (χ0v) is 16.2. The van der Waals surface area contributed by atoms with Crippen LogP contribution < -0.4 is 5.56 Å². The highest BCUT2D eigenvalue weighted by molar-refractivity contribution is 7.25. The van der Waals surface area contributed by atoms with Crippen molar-refractivity contribution in [2.24, 2.45) is 0 Å². The Balaban J connectivity index is 1.74. The predicted molar refractivity (Wildman–Crippen MR) is 109 cm³/mol. The van der Waals surface area contributed by atoms with E-state index in [4.69, 9.17) is 16.6 Å². The van der Waals surface area contributed by atoms with Gasteiger partial charge in [0.05, 0.1) is 10.7 Å². The lowest BCUT2D eigenvalue weighted by molar-refractivity contribution is 0.610. The van der Waals surface area contributed by atoms with Crippen molar-refractivity contribution in [1.29, 1.82) is 0 Å². The summed E-state index contributed by atoms with van der Waals surface area (Å²) < 4.78 is 1.85. The van der Waals surface area contributed by atoms with Crippen molar-refractivity contribution in [2.75, 3.05) is 0 Å². The van der Waals surface area contributed by atoms with Crippen LogP contribution in [0.2, 0.25) is 5.02 Å². The van der Waals surface area contributed by atoms with Gasteiger partial charge in [0.15, 0.2) is 0 Å². The van der Waals surface area contributed by atoms with Crippen LogP contribution in [0.25, 0.3) is 26.1 Å². The van der Waals surface area contributed by atoms with E-state index < -0.39 is 0 Å². The van der Waals surface area contributed by atoms with Crippen molar-refractivity contribution in [3.05, 3.63) is 57.0 Å². The van der Waals surface area contributed by atoms with E-state index in [9.17, 15) is 4.79 Å². The number of halogens is 1. The summed E-state index contributed by atoms with van der Waals surface area (Å²) in [5.74, 6) is 0. The maximum absolute atomic E-state index is 13.1. The Labute approximate surface area is 164 Å². The molecular formula is C20H17ClN4OS. The number of fused-ring (bicyclic) bond motifs is 4. The largest absolute Gasteiger partial charge is 0.292 e. The van der Waals surface area contributed by atoms with Gasteiger partial charge in [-0.05, 0) is 49.4 Å². The van der Waals surface area contributed by atoms with Crippen molar-refractivity contribution < 1.29 is 0 Å². The van der Waals surface area contributed by atoms with Gasteiger partial charge in [-0.3, -0.25) is 4.79 Å².